The molecule has 186 valence electrons. The van der Waals surface area contributed by atoms with E-state index in [9.17, 15) is 9.59 Å². The molecule has 6 heteroatoms. The van der Waals surface area contributed by atoms with Crippen LogP contribution >= 0.6 is 0 Å². The first kappa shape index (κ1) is 24.0. The molecule has 0 bridgehead atoms. The first-order chi connectivity index (χ1) is 16.9. The van der Waals surface area contributed by atoms with Crippen molar-refractivity contribution in [3.05, 3.63) is 71.8 Å². The first-order valence-electron chi connectivity index (χ1n) is 12.7. The molecule has 3 fully saturated rings. The van der Waals surface area contributed by atoms with Gasteiger partial charge in [-0.05, 0) is 43.2 Å². The summed E-state index contributed by atoms with van der Waals surface area (Å²) in [7, 11) is 1.38. The number of methoxy groups -OCH3 is 1. The number of fused-ring (bicyclic) bond motifs is 2. The fourth-order valence-corrected chi connectivity index (χ4v) is 6.81. The Labute approximate surface area is 207 Å². The summed E-state index contributed by atoms with van der Waals surface area (Å²) >= 11 is 0. The standard InChI is InChI=1S/C29H35NO5/c1-19-24-23(18-21-12-8-5-9-13-21)30-26(31)29(24,27(32)33-3)22(25-28(19,2)35-25)15-17-34-16-14-20-10-6-4-7-11-20/h4-13,19,22-25H,14-18H2,1-3H3,(H,30,31)/t19-,22-,23-,24-,25-,28+,29+/m0/s1. The molecule has 35 heavy (non-hydrogen) atoms. The fourth-order valence-electron chi connectivity index (χ4n) is 6.81. The summed E-state index contributed by atoms with van der Waals surface area (Å²) in [5, 5.41) is 3.21. The molecule has 5 rings (SSSR count). The SMILES string of the molecule is COC(=O)[C@@]12C(=O)N[C@@H](Cc3ccccc3)[C@@H]1[C@H](C)[C@@]1(C)O[C@H]1[C@@H]2CCOCCc1ccccc1. The molecule has 2 aromatic rings. The Hall–Kier alpha value is -2.70. The lowest BCUT2D eigenvalue weighted by molar-refractivity contribution is -0.169. The highest BCUT2D eigenvalue weighted by Crippen LogP contribution is 2.66. The molecule has 0 unspecified atom stereocenters. The summed E-state index contributed by atoms with van der Waals surface area (Å²) < 4.78 is 17.6. The maximum Gasteiger partial charge on any atom is 0.322 e. The summed E-state index contributed by atoms with van der Waals surface area (Å²) in [5.41, 5.74) is 0.743. The number of rotatable bonds is 9. The van der Waals surface area contributed by atoms with Crippen LogP contribution in [0.15, 0.2) is 60.7 Å². The largest absolute Gasteiger partial charge is 0.468 e. The average Bonchev–Trinajstić information content (AvgIpc) is 3.49. The van der Waals surface area contributed by atoms with Gasteiger partial charge in [0.25, 0.3) is 0 Å². The minimum Gasteiger partial charge on any atom is -0.468 e. The molecule has 1 saturated carbocycles. The highest BCUT2D eigenvalue weighted by Gasteiger charge is 2.79. The van der Waals surface area contributed by atoms with Gasteiger partial charge in [-0.1, -0.05) is 67.6 Å². The van der Waals surface area contributed by atoms with Crippen molar-refractivity contribution in [1.82, 2.24) is 5.32 Å². The minimum absolute atomic E-state index is 0.0227. The molecule has 2 aromatic carbocycles. The third-order valence-corrected chi connectivity index (χ3v) is 8.71. The third-order valence-electron chi connectivity index (χ3n) is 8.71. The topological polar surface area (TPSA) is 77.2 Å². The van der Waals surface area contributed by atoms with E-state index in [2.05, 4.69) is 43.4 Å². The number of carbonyl (C=O) groups is 2. The second-order valence-electron chi connectivity index (χ2n) is 10.4. The van der Waals surface area contributed by atoms with Gasteiger partial charge in [-0.15, -0.1) is 0 Å². The van der Waals surface area contributed by atoms with Crippen LogP contribution in [0.1, 0.15) is 31.4 Å². The van der Waals surface area contributed by atoms with Crippen molar-refractivity contribution in [1.29, 1.82) is 0 Å². The fraction of sp³-hybridized carbons (Fsp3) is 0.517. The Kier molecular flexibility index (Phi) is 6.45. The monoisotopic (exact) mass is 477 g/mol. The number of nitrogens with one attached hydrogen (secondary N) is 1. The van der Waals surface area contributed by atoms with E-state index < -0.39 is 11.4 Å². The van der Waals surface area contributed by atoms with E-state index in [-0.39, 0.29) is 41.4 Å². The number of hydrogen-bond donors (Lipinski definition) is 1. The van der Waals surface area contributed by atoms with E-state index in [1.807, 2.05) is 36.4 Å². The van der Waals surface area contributed by atoms with Gasteiger partial charge in [0.15, 0.2) is 5.41 Å². The molecule has 2 heterocycles. The number of epoxide rings is 1. The number of benzene rings is 2. The molecule has 3 aliphatic rings. The maximum atomic E-state index is 13.7. The van der Waals surface area contributed by atoms with Crippen molar-refractivity contribution >= 4 is 11.9 Å². The second kappa shape index (κ2) is 9.40. The van der Waals surface area contributed by atoms with Gasteiger partial charge in [0.2, 0.25) is 5.91 Å². The van der Waals surface area contributed by atoms with Crippen molar-refractivity contribution in [2.24, 2.45) is 23.2 Å². The molecule has 2 saturated heterocycles. The lowest BCUT2D eigenvalue weighted by Gasteiger charge is -2.45. The van der Waals surface area contributed by atoms with Crippen molar-refractivity contribution in [2.45, 2.75) is 50.9 Å². The van der Waals surface area contributed by atoms with Gasteiger partial charge >= 0.3 is 5.97 Å². The van der Waals surface area contributed by atoms with E-state index in [1.165, 1.54) is 12.7 Å². The Balaban J connectivity index is 1.37. The van der Waals surface area contributed by atoms with Crippen LogP contribution in [-0.2, 0) is 36.6 Å². The lowest BCUT2D eigenvalue weighted by Crippen LogP contribution is -2.59. The molecular weight excluding hydrogens is 442 g/mol. The van der Waals surface area contributed by atoms with Gasteiger partial charge in [0.1, 0.15) is 0 Å². The first-order valence-corrected chi connectivity index (χ1v) is 12.7. The van der Waals surface area contributed by atoms with Crippen molar-refractivity contribution < 1.29 is 23.8 Å². The molecule has 0 spiro atoms. The zero-order valence-electron chi connectivity index (χ0n) is 20.7. The Morgan fingerprint density at radius 3 is 2.34 bits per heavy atom. The van der Waals surface area contributed by atoms with Crippen molar-refractivity contribution in [2.75, 3.05) is 20.3 Å². The zero-order valence-corrected chi connectivity index (χ0v) is 20.7. The highest BCUT2D eigenvalue weighted by atomic mass is 16.6. The molecule has 7 atom stereocenters. The summed E-state index contributed by atoms with van der Waals surface area (Å²) in [5.74, 6) is -1.17. The van der Waals surface area contributed by atoms with Crippen molar-refractivity contribution in [3.63, 3.8) is 0 Å². The van der Waals surface area contributed by atoms with Crippen LogP contribution < -0.4 is 5.32 Å². The Bertz CT molecular complexity index is 1060. The van der Waals surface area contributed by atoms with Crippen molar-refractivity contribution in [3.8, 4) is 0 Å². The van der Waals surface area contributed by atoms with E-state index in [4.69, 9.17) is 14.2 Å². The zero-order chi connectivity index (χ0) is 24.6. The summed E-state index contributed by atoms with van der Waals surface area (Å²) in [4.78, 5) is 27.2. The van der Waals surface area contributed by atoms with Crippen LogP contribution in [0.5, 0.6) is 0 Å². The molecular formula is C29H35NO5. The second-order valence-corrected chi connectivity index (χ2v) is 10.4. The van der Waals surface area contributed by atoms with Gasteiger partial charge in [0, 0.05) is 24.5 Å². The predicted octanol–water partition coefficient (Wildman–Crippen LogP) is 3.58. The number of ether oxygens (including phenoxy) is 3. The van der Waals surface area contributed by atoms with Gasteiger partial charge in [0.05, 0.1) is 25.4 Å². The quantitative estimate of drug-likeness (QED) is 0.259. The molecule has 2 aliphatic heterocycles. The Morgan fingerprint density at radius 2 is 1.69 bits per heavy atom. The number of carbonyl (C=O) groups excluding carboxylic acids is 2. The number of hydrogen-bond acceptors (Lipinski definition) is 5. The summed E-state index contributed by atoms with van der Waals surface area (Å²) in [6.07, 6.45) is 1.90. The predicted molar refractivity (Wildman–Crippen MR) is 132 cm³/mol. The number of amides is 1. The molecule has 1 aliphatic carbocycles. The summed E-state index contributed by atoms with van der Waals surface area (Å²) in [6, 6.07) is 20.2. The Morgan fingerprint density at radius 1 is 1.03 bits per heavy atom. The van der Waals surface area contributed by atoms with Crippen LogP contribution in [0.25, 0.3) is 0 Å². The third kappa shape index (κ3) is 3.97. The van der Waals surface area contributed by atoms with Gasteiger partial charge in [-0.25, -0.2) is 0 Å². The van der Waals surface area contributed by atoms with Crippen LogP contribution in [0.3, 0.4) is 0 Å². The molecule has 6 nitrogen and oxygen atoms in total. The van der Waals surface area contributed by atoms with E-state index in [0.29, 0.717) is 26.1 Å². The smallest absolute Gasteiger partial charge is 0.322 e. The van der Waals surface area contributed by atoms with E-state index in [0.717, 1.165) is 12.0 Å². The average molecular weight is 478 g/mol. The molecule has 1 amide bonds. The number of esters is 1. The highest BCUT2D eigenvalue weighted by molar-refractivity contribution is 6.06. The van der Waals surface area contributed by atoms with Crippen LogP contribution in [0.2, 0.25) is 0 Å². The molecule has 0 aromatic heterocycles. The van der Waals surface area contributed by atoms with E-state index >= 15 is 0 Å². The van der Waals surface area contributed by atoms with Crippen LogP contribution in [0.4, 0.5) is 0 Å². The molecule has 0 radical (unpaired) electrons. The van der Waals surface area contributed by atoms with Gasteiger partial charge < -0.3 is 19.5 Å². The minimum atomic E-state index is -1.27. The normalized spacial score (nSPS) is 35.1. The van der Waals surface area contributed by atoms with Gasteiger partial charge in [-0.2, -0.15) is 0 Å². The summed E-state index contributed by atoms with van der Waals surface area (Å²) in [6.45, 7) is 5.29. The molecule has 1 N–H and O–H groups in total. The van der Waals surface area contributed by atoms with E-state index in [1.54, 1.807) is 0 Å². The van der Waals surface area contributed by atoms with Crippen LogP contribution in [-0.4, -0.2) is 49.9 Å². The maximum absolute atomic E-state index is 13.7. The van der Waals surface area contributed by atoms with Gasteiger partial charge in [-0.3, -0.25) is 9.59 Å². The lowest BCUT2D eigenvalue weighted by atomic mass is 9.52. The van der Waals surface area contributed by atoms with Crippen LogP contribution in [0, 0.1) is 23.2 Å².